The Morgan fingerprint density at radius 2 is 1.20 bits per heavy atom. The van der Waals surface area contributed by atoms with Crippen LogP contribution in [0.15, 0.2) is 0 Å². The number of hydrogen-bond donors (Lipinski definition) is 0. The van der Waals surface area contributed by atoms with Crippen molar-refractivity contribution in [2.75, 3.05) is 13.2 Å². The van der Waals surface area contributed by atoms with Crippen molar-refractivity contribution >= 4 is 0 Å². The minimum Gasteiger partial charge on any atom is -0.372 e. The van der Waals surface area contributed by atoms with Crippen molar-refractivity contribution < 1.29 is 9.47 Å². The molecule has 7 rings (SSSR count). The lowest BCUT2D eigenvalue weighted by atomic mass is 9.32. The smallest absolute Gasteiger partial charge is 0.101 e. The second-order valence-electron chi connectivity index (χ2n) is 8.27. The van der Waals surface area contributed by atoms with Crippen LogP contribution in [0.5, 0.6) is 0 Å². The van der Waals surface area contributed by atoms with Crippen molar-refractivity contribution in [1.29, 1.82) is 0 Å². The van der Waals surface area contributed by atoms with Crippen molar-refractivity contribution in [2.45, 2.75) is 63.6 Å². The van der Waals surface area contributed by atoms with Crippen LogP contribution in [0.1, 0.15) is 52.4 Å². The van der Waals surface area contributed by atoms with Gasteiger partial charge >= 0.3 is 0 Å². The molecular weight excluding hydrogens is 248 g/mol. The van der Waals surface area contributed by atoms with Gasteiger partial charge in [-0.25, -0.2) is 0 Å². The molecule has 8 bridgehead atoms. The van der Waals surface area contributed by atoms with Crippen LogP contribution in [0.2, 0.25) is 0 Å². The molecule has 112 valence electrons. The van der Waals surface area contributed by atoms with Gasteiger partial charge in [0.2, 0.25) is 0 Å². The number of hydrogen-bond acceptors (Lipinski definition) is 2. The lowest BCUT2D eigenvalue weighted by Crippen LogP contribution is -2.81. The molecule has 0 aliphatic heterocycles. The van der Waals surface area contributed by atoms with Gasteiger partial charge in [-0.1, -0.05) is 0 Å². The minimum atomic E-state index is 0.0989. The normalized spacial score (nSPS) is 61.5. The van der Waals surface area contributed by atoms with Gasteiger partial charge in [0.15, 0.2) is 0 Å². The Kier molecular flexibility index (Phi) is 2.38. The van der Waals surface area contributed by atoms with Gasteiger partial charge in [-0.05, 0) is 87.9 Å². The molecule has 0 aromatic heterocycles. The molecule has 7 saturated carbocycles. The maximum atomic E-state index is 6.61. The maximum Gasteiger partial charge on any atom is 0.101 e. The summed E-state index contributed by atoms with van der Waals surface area (Å²) in [6, 6.07) is 0. The molecule has 2 nitrogen and oxygen atoms in total. The predicted molar refractivity (Wildman–Crippen MR) is 77.4 cm³/mol. The Labute approximate surface area is 122 Å². The van der Waals surface area contributed by atoms with Gasteiger partial charge in [-0.3, -0.25) is 0 Å². The highest BCUT2D eigenvalue weighted by Gasteiger charge is 2.78. The molecule has 0 aromatic carbocycles. The molecule has 0 N–H and O–H groups in total. The van der Waals surface area contributed by atoms with Crippen LogP contribution in [0, 0.1) is 35.5 Å². The second kappa shape index (κ2) is 3.81. The first-order chi connectivity index (χ1) is 9.74. The molecule has 0 amide bonds. The van der Waals surface area contributed by atoms with Crippen LogP contribution in [0.4, 0.5) is 0 Å². The van der Waals surface area contributed by atoms with Crippen molar-refractivity contribution in [3.63, 3.8) is 0 Å². The van der Waals surface area contributed by atoms with Crippen LogP contribution >= 0.6 is 0 Å². The van der Waals surface area contributed by atoms with E-state index in [-0.39, 0.29) is 11.2 Å². The van der Waals surface area contributed by atoms with E-state index in [0.29, 0.717) is 0 Å². The second-order valence-corrected chi connectivity index (χ2v) is 8.27. The third kappa shape index (κ3) is 1.15. The van der Waals surface area contributed by atoms with Crippen molar-refractivity contribution in [3.8, 4) is 0 Å². The zero-order chi connectivity index (χ0) is 13.5. The van der Waals surface area contributed by atoms with E-state index in [1.54, 1.807) is 0 Å². The number of ether oxygens (including phenoxy) is 2. The third-order valence-corrected chi connectivity index (χ3v) is 7.87. The third-order valence-electron chi connectivity index (χ3n) is 7.87. The lowest BCUT2D eigenvalue weighted by Gasteiger charge is -2.77. The molecule has 20 heavy (non-hydrogen) atoms. The first-order valence-corrected chi connectivity index (χ1v) is 9.02. The van der Waals surface area contributed by atoms with Crippen LogP contribution < -0.4 is 0 Å². The Balaban J connectivity index is 1.68. The first-order valence-electron chi connectivity index (χ1n) is 9.02. The van der Waals surface area contributed by atoms with Gasteiger partial charge in [0, 0.05) is 13.2 Å². The standard InChI is InChI=1S/C18H28O2/c1-3-19-17-9-11-5-13-14-6-12(7-15(13)17)10-18(17,20-4-2)16(14)8-11/h11-16H,3-10H2,1-2H3/t11-,12-,13+,14+,15-,16-,17+,18+/m0/s1. The molecular formula is C18H28O2. The van der Waals surface area contributed by atoms with E-state index in [1.807, 2.05) is 0 Å². The molecule has 8 atom stereocenters. The van der Waals surface area contributed by atoms with E-state index in [1.165, 1.54) is 38.5 Å². The summed E-state index contributed by atoms with van der Waals surface area (Å²) in [5, 5.41) is 0. The van der Waals surface area contributed by atoms with Gasteiger partial charge < -0.3 is 9.47 Å². The van der Waals surface area contributed by atoms with E-state index in [0.717, 1.165) is 48.7 Å². The summed E-state index contributed by atoms with van der Waals surface area (Å²) in [7, 11) is 0. The zero-order valence-electron chi connectivity index (χ0n) is 12.9. The molecule has 0 aromatic rings. The van der Waals surface area contributed by atoms with Crippen molar-refractivity contribution in [1.82, 2.24) is 0 Å². The van der Waals surface area contributed by atoms with Crippen molar-refractivity contribution in [3.05, 3.63) is 0 Å². The minimum absolute atomic E-state index is 0.0989. The molecule has 7 aliphatic carbocycles. The highest BCUT2D eigenvalue weighted by molar-refractivity contribution is 5.27. The molecule has 0 heterocycles. The van der Waals surface area contributed by atoms with E-state index < -0.39 is 0 Å². The molecule has 7 aliphatic rings. The molecule has 0 radical (unpaired) electrons. The maximum absolute atomic E-state index is 6.61. The topological polar surface area (TPSA) is 18.5 Å². The van der Waals surface area contributed by atoms with Crippen LogP contribution in [0.25, 0.3) is 0 Å². The van der Waals surface area contributed by atoms with E-state index in [4.69, 9.17) is 9.47 Å². The summed E-state index contributed by atoms with van der Waals surface area (Å²) in [5.41, 5.74) is 0.198. The summed E-state index contributed by atoms with van der Waals surface area (Å²) in [5.74, 6) is 5.46. The zero-order valence-corrected chi connectivity index (χ0v) is 12.9. The summed E-state index contributed by atoms with van der Waals surface area (Å²) in [6.45, 7) is 6.11. The summed E-state index contributed by atoms with van der Waals surface area (Å²) < 4.78 is 13.2. The molecule has 0 spiro atoms. The summed E-state index contributed by atoms with van der Waals surface area (Å²) >= 11 is 0. The molecule has 0 saturated heterocycles. The van der Waals surface area contributed by atoms with Crippen LogP contribution in [0.3, 0.4) is 0 Å². The monoisotopic (exact) mass is 276 g/mol. The van der Waals surface area contributed by atoms with Crippen molar-refractivity contribution in [2.24, 2.45) is 35.5 Å². The average Bonchev–Trinajstić information content (AvgIpc) is 2.45. The Morgan fingerprint density at radius 3 is 1.60 bits per heavy atom. The lowest BCUT2D eigenvalue weighted by molar-refractivity contribution is -0.379. The van der Waals surface area contributed by atoms with E-state index >= 15 is 0 Å². The molecule has 0 unspecified atom stereocenters. The Bertz CT molecular complexity index is 395. The average molecular weight is 276 g/mol. The van der Waals surface area contributed by atoms with Gasteiger partial charge in [-0.2, -0.15) is 0 Å². The molecule has 7 fully saturated rings. The fourth-order valence-corrected chi connectivity index (χ4v) is 7.94. The van der Waals surface area contributed by atoms with Crippen LogP contribution in [-0.4, -0.2) is 24.4 Å². The number of rotatable bonds is 4. The fraction of sp³-hybridized carbons (Fsp3) is 1.00. The van der Waals surface area contributed by atoms with Gasteiger partial charge in [0.1, 0.15) is 11.2 Å². The van der Waals surface area contributed by atoms with Crippen LogP contribution in [-0.2, 0) is 9.47 Å². The predicted octanol–water partition coefficient (Wildman–Crippen LogP) is 3.64. The van der Waals surface area contributed by atoms with Gasteiger partial charge in [0.25, 0.3) is 0 Å². The summed E-state index contributed by atoms with van der Waals surface area (Å²) in [4.78, 5) is 0. The van der Waals surface area contributed by atoms with E-state index in [9.17, 15) is 0 Å². The molecule has 2 heteroatoms. The summed E-state index contributed by atoms with van der Waals surface area (Å²) in [6.07, 6.45) is 8.51. The van der Waals surface area contributed by atoms with Gasteiger partial charge in [0.05, 0.1) is 0 Å². The first kappa shape index (κ1) is 12.5. The highest BCUT2D eigenvalue weighted by atomic mass is 16.6. The highest BCUT2D eigenvalue weighted by Crippen LogP contribution is 2.75. The quantitative estimate of drug-likeness (QED) is 0.780. The van der Waals surface area contributed by atoms with Gasteiger partial charge in [-0.15, -0.1) is 0 Å². The fourth-order valence-electron chi connectivity index (χ4n) is 7.94. The largest absolute Gasteiger partial charge is 0.372 e. The Hall–Kier alpha value is -0.0800. The van der Waals surface area contributed by atoms with E-state index in [2.05, 4.69) is 13.8 Å². The Morgan fingerprint density at radius 1 is 0.750 bits per heavy atom. The SMILES string of the molecule is CCO[C@]12C[C@H]3C[C@@H]4[C@H]5C[C@@H](C[C@@H]41)C[C@@]2(OCC)[C@H]5C3.